The number of hydrogen-bond donors (Lipinski definition) is 0. The lowest BCUT2D eigenvalue weighted by Gasteiger charge is -2.18. The summed E-state index contributed by atoms with van der Waals surface area (Å²) in [6.45, 7) is 6.67. The van der Waals surface area contributed by atoms with Crippen molar-refractivity contribution < 1.29 is 28.6 Å². The Morgan fingerprint density at radius 2 is 0.524 bits per heavy atom. The molecule has 0 aromatic carbocycles. The number of carbonyl (C=O) groups is 3. The Labute approximate surface area is 392 Å². The molecular weight excluding hydrogens is 781 g/mol. The van der Waals surface area contributed by atoms with Gasteiger partial charge in [0.05, 0.1) is 0 Å². The Kier molecular flexibility index (Phi) is 51.2. The normalized spacial score (nSPS) is 12.0. The highest BCUT2D eigenvalue weighted by Gasteiger charge is 2.19. The van der Waals surface area contributed by atoms with E-state index in [0.717, 1.165) is 64.2 Å². The van der Waals surface area contributed by atoms with E-state index in [-0.39, 0.29) is 31.1 Å². The van der Waals surface area contributed by atoms with Gasteiger partial charge in [-0.05, 0) is 44.9 Å². The summed E-state index contributed by atoms with van der Waals surface area (Å²) >= 11 is 0. The van der Waals surface area contributed by atoms with Gasteiger partial charge in [0.25, 0.3) is 0 Å². The van der Waals surface area contributed by atoms with E-state index in [1.54, 1.807) is 0 Å². The summed E-state index contributed by atoms with van der Waals surface area (Å²) < 4.78 is 16.9. The Morgan fingerprint density at radius 3 is 0.810 bits per heavy atom. The quantitative estimate of drug-likeness (QED) is 0.0262. The summed E-state index contributed by atoms with van der Waals surface area (Å²) in [5, 5.41) is 0. The van der Waals surface area contributed by atoms with Gasteiger partial charge in [-0.3, -0.25) is 14.4 Å². The molecule has 63 heavy (non-hydrogen) atoms. The number of esters is 3. The van der Waals surface area contributed by atoms with Crippen molar-refractivity contribution in [3.05, 3.63) is 12.2 Å². The van der Waals surface area contributed by atoms with Crippen LogP contribution in [0.15, 0.2) is 12.2 Å². The largest absolute Gasteiger partial charge is 0.462 e. The minimum Gasteiger partial charge on any atom is -0.462 e. The average molecular weight is 889 g/mol. The summed E-state index contributed by atoms with van der Waals surface area (Å²) in [6.07, 6.45) is 59.1. The Balaban J connectivity index is 4.31. The molecule has 0 amide bonds. The van der Waals surface area contributed by atoms with Crippen LogP contribution in [0.2, 0.25) is 0 Å². The van der Waals surface area contributed by atoms with Gasteiger partial charge in [-0.1, -0.05) is 264 Å². The molecule has 372 valence electrons. The molecule has 0 N–H and O–H groups in total. The zero-order valence-electron chi connectivity index (χ0n) is 42.6. The zero-order valence-corrected chi connectivity index (χ0v) is 42.6. The second-order valence-corrected chi connectivity index (χ2v) is 19.2. The second-order valence-electron chi connectivity index (χ2n) is 19.2. The fourth-order valence-electron chi connectivity index (χ4n) is 8.50. The topological polar surface area (TPSA) is 78.9 Å². The molecule has 0 radical (unpaired) electrons. The summed E-state index contributed by atoms with van der Waals surface area (Å²) in [6, 6.07) is 0. The standard InChI is InChI=1S/C57H108O6/c1-4-7-10-13-16-19-22-25-27-28-30-32-35-38-41-44-47-50-56(59)62-53-54(52-61-55(58)49-46-43-40-37-34-31-24-21-18-15-12-9-6-3)63-57(60)51-48-45-42-39-36-33-29-26-23-20-17-14-11-8-5-2/h21,24,54H,4-20,22-23,25-53H2,1-3H3/b24-21-/t54-/m0/s1. The van der Waals surface area contributed by atoms with Crippen LogP contribution in [0.1, 0.15) is 316 Å². The molecule has 0 aliphatic rings. The van der Waals surface area contributed by atoms with Gasteiger partial charge >= 0.3 is 17.9 Å². The lowest BCUT2D eigenvalue weighted by atomic mass is 10.0. The predicted octanol–water partition coefficient (Wildman–Crippen LogP) is 18.5. The molecule has 0 aromatic heterocycles. The Bertz CT molecular complexity index is 978. The van der Waals surface area contributed by atoms with Gasteiger partial charge in [0.1, 0.15) is 13.2 Å². The van der Waals surface area contributed by atoms with Crippen LogP contribution < -0.4 is 0 Å². The van der Waals surface area contributed by atoms with E-state index < -0.39 is 6.10 Å². The third-order valence-corrected chi connectivity index (χ3v) is 12.8. The number of hydrogen-bond acceptors (Lipinski definition) is 6. The van der Waals surface area contributed by atoms with Gasteiger partial charge in [0, 0.05) is 19.3 Å². The van der Waals surface area contributed by atoms with E-state index in [2.05, 4.69) is 32.9 Å². The van der Waals surface area contributed by atoms with Crippen molar-refractivity contribution in [1.82, 2.24) is 0 Å². The molecular formula is C57H108O6. The lowest BCUT2D eigenvalue weighted by molar-refractivity contribution is -0.167. The zero-order chi connectivity index (χ0) is 45.8. The van der Waals surface area contributed by atoms with Crippen molar-refractivity contribution in [2.75, 3.05) is 13.2 Å². The van der Waals surface area contributed by atoms with Crippen LogP contribution in [0.5, 0.6) is 0 Å². The van der Waals surface area contributed by atoms with E-state index in [9.17, 15) is 14.4 Å². The smallest absolute Gasteiger partial charge is 0.306 e. The SMILES string of the molecule is CCCCCC/C=C\CCCCCCCC(=O)OC[C@@H](COC(=O)CCCCCCCCCCCCCCCCCCC)OC(=O)CCCCCCCCCCCCCCCCC. The molecule has 0 bridgehead atoms. The maximum absolute atomic E-state index is 12.8. The number of ether oxygens (including phenoxy) is 3. The third kappa shape index (κ3) is 51.0. The minimum absolute atomic E-state index is 0.0666. The molecule has 0 aliphatic heterocycles. The van der Waals surface area contributed by atoms with E-state index in [1.165, 1.54) is 212 Å². The second kappa shape index (κ2) is 52.8. The molecule has 0 aromatic rings. The molecule has 0 heterocycles. The lowest BCUT2D eigenvalue weighted by Crippen LogP contribution is -2.30. The maximum atomic E-state index is 12.8. The van der Waals surface area contributed by atoms with Crippen molar-refractivity contribution in [2.24, 2.45) is 0 Å². The summed E-state index contributed by atoms with van der Waals surface area (Å²) in [4.78, 5) is 38.1. The van der Waals surface area contributed by atoms with Gasteiger partial charge in [0.15, 0.2) is 6.10 Å². The van der Waals surface area contributed by atoms with Gasteiger partial charge in [-0.25, -0.2) is 0 Å². The average Bonchev–Trinajstić information content (AvgIpc) is 3.28. The highest BCUT2D eigenvalue weighted by molar-refractivity contribution is 5.71. The van der Waals surface area contributed by atoms with Crippen LogP contribution in [0, 0.1) is 0 Å². The van der Waals surface area contributed by atoms with Gasteiger partial charge < -0.3 is 14.2 Å². The van der Waals surface area contributed by atoms with E-state index >= 15 is 0 Å². The van der Waals surface area contributed by atoms with Crippen molar-refractivity contribution >= 4 is 17.9 Å². The predicted molar refractivity (Wildman–Crippen MR) is 270 cm³/mol. The molecule has 0 spiro atoms. The van der Waals surface area contributed by atoms with Crippen molar-refractivity contribution in [3.8, 4) is 0 Å². The van der Waals surface area contributed by atoms with Crippen LogP contribution in [0.3, 0.4) is 0 Å². The fraction of sp³-hybridized carbons (Fsp3) is 0.912. The molecule has 6 nitrogen and oxygen atoms in total. The van der Waals surface area contributed by atoms with Crippen LogP contribution >= 0.6 is 0 Å². The van der Waals surface area contributed by atoms with E-state index in [0.29, 0.717) is 19.3 Å². The fourth-order valence-corrected chi connectivity index (χ4v) is 8.50. The van der Waals surface area contributed by atoms with Gasteiger partial charge in [0.2, 0.25) is 0 Å². The van der Waals surface area contributed by atoms with Gasteiger partial charge in [-0.15, -0.1) is 0 Å². The van der Waals surface area contributed by atoms with E-state index in [1.807, 2.05) is 0 Å². The maximum Gasteiger partial charge on any atom is 0.306 e. The first-order valence-electron chi connectivity index (χ1n) is 28.2. The summed E-state index contributed by atoms with van der Waals surface area (Å²) in [7, 11) is 0. The van der Waals surface area contributed by atoms with E-state index in [4.69, 9.17) is 14.2 Å². The molecule has 0 saturated carbocycles. The van der Waals surface area contributed by atoms with Crippen LogP contribution in [0.4, 0.5) is 0 Å². The van der Waals surface area contributed by atoms with Crippen molar-refractivity contribution in [3.63, 3.8) is 0 Å². The van der Waals surface area contributed by atoms with Gasteiger partial charge in [-0.2, -0.15) is 0 Å². The first-order valence-corrected chi connectivity index (χ1v) is 28.2. The third-order valence-electron chi connectivity index (χ3n) is 12.8. The first-order chi connectivity index (χ1) is 31.0. The number of rotatable bonds is 52. The number of carbonyl (C=O) groups excluding carboxylic acids is 3. The molecule has 0 aliphatic carbocycles. The molecule has 0 saturated heterocycles. The minimum atomic E-state index is -0.767. The highest BCUT2D eigenvalue weighted by atomic mass is 16.6. The first kappa shape index (κ1) is 61.1. The summed E-state index contributed by atoms with van der Waals surface area (Å²) in [5.41, 5.74) is 0. The Hall–Kier alpha value is -1.85. The van der Waals surface area contributed by atoms with Crippen LogP contribution in [-0.4, -0.2) is 37.2 Å². The van der Waals surface area contributed by atoms with Crippen molar-refractivity contribution in [1.29, 1.82) is 0 Å². The summed E-state index contributed by atoms with van der Waals surface area (Å²) in [5.74, 6) is -0.853. The molecule has 0 fully saturated rings. The number of unbranched alkanes of at least 4 members (excludes halogenated alkanes) is 39. The Morgan fingerprint density at radius 1 is 0.302 bits per heavy atom. The van der Waals surface area contributed by atoms with Crippen LogP contribution in [-0.2, 0) is 28.6 Å². The monoisotopic (exact) mass is 889 g/mol. The van der Waals surface area contributed by atoms with Crippen molar-refractivity contribution in [2.45, 2.75) is 322 Å². The highest BCUT2D eigenvalue weighted by Crippen LogP contribution is 2.17. The number of allylic oxidation sites excluding steroid dienone is 2. The molecule has 0 unspecified atom stereocenters. The molecule has 6 heteroatoms. The molecule has 1 atom stereocenters. The van der Waals surface area contributed by atoms with Crippen LogP contribution in [0.25, 0.3) is 0 Å². The molecule has 0 rings (SSSR count).